The van der Waals surface area contributed by atoms with Gasteiger partial charge in [0.25, 0.3) is 0 Å². The largest absolute Gasteiger partial charge is 0.376 e. The lowest BCUT2D eigenvalue weighted by Gasteiger charge is -2.10. The third kappa shape index (κ3) is 7.27. The number of hydrogen-bond acceptors (Lipinski definition) is 3. The van der Waals surface area contributed by atoms with Crippen molar-refractivity contribution in [3.05, 3.63) is 53.3 Å². The van der Waals surface area contributed by atoms with E-state index in [1.165, 1.54) is 18.2 Å². The molecule has 3 N–H and O–H groups in total. The Morgan fingerprint density at radius 3 is 2.41 bits per heavy atom. The lowest BCUT2D eigenvalue weighted by atomic mass is 10.2. The van der Waals surface area contributed by atoms with Crippen molar-refractivity contribution in [1.82, 2.24) is 0 Å². The maximum Gasteiger partial charge on any atom is 0.243 e. The number of carbonyl (C=O) groups excluding carboxylic acids is 2. The van der Waals surface area contributed by atoms with Crippen molar-refractivity contribution in [3.8, 4) is 0 Å². The second kappa shape index (κ2) is 10.5. The Hall–Kier alpha value is -2.60. The summed E-state index contributed by atoms with van der Waals surface area (Å²) in [4.78, 5) is 23.9. The molecule has 0 fully saturated rings. The van der Waals surface area contributed by atoms with Gasteiger partial charge in [-0.2, -0.15) is 0 Å². The van der Waals surface area contributed by atoms with Crippen LogP contribution in [0.2, 0.25) is 5.02 Å². The smallest absolute Gasteiger partial charge is 0.243 e. The minimum atomic E-state index is -0.540. The highest BCUT2D eigenvalue weighted by atomic mass is 35.5. The third-order valence-corrected chi connectivity index (χ3v) is 4.10. The molecule has 0 saturated carbocycles. The van der Waals surface area contributed by atoms with Crippen LogP contribution < -0.4 is 16.0 Å². The summed E-state index contributed by atoms with van der Waals surface area (Å²) < 4.78 is 13.1. The van der Waals surface area contributed by atoms with E-state index in [1.54, 1.807) is 24.3 Å². The Bertz CT molecular complexity index is 799. The summed E-state index contributed by atoms with van der Waals surface area (Å²) in [5, 5.41) is 8.42. The van der Waals surface area contributed by atoms with Gasteiger partial charge in [0.05, 0.1) is 11.6 Å². The molecule has 0 radical (unpaired) electrons. The molecule has 144 valence electrons. The maximum atomic E-state index is 13.1. The second-order valence-corrected chi connectivity index (χ2v) is 6.52. The number of carbonyl (C=O) groups is 2. The summed E-state index contributed by atoms with van der Waals surface area (Å²) >= 11 is 5.69. The van der Waals surface area contributed by atoms with E-state index in [4.69, 9.17) is 11.6 Å². The van der Waals surface area contributed by atoms with Crippen molar-refractivity contribution in [2.45, 2.75) is 32.6 Å². The highest BCUT2D eigenvalue weighted by Crippen LogP contribution is 2.19. The summed E-state index contributed by atoms with van der Waals surface area (Å²) in [5.41, 5.74) is 1.79. The molecular formula is C20H23ClFN3O2. The van der Waals surface area contributed by atoms with Crippen LogP contribution in [0.4, 0.5) is 21.5 Å². The molecule has 5 nitrogen and oxygen atoms in total. The van der Waals surface area contributed by atoms with Gasteiger partial charge in [-0.25, -0.2) is 4.39 Å². The van der Waals surface area contributed by atoms with Crippen LogP contribution in [0.25, 0.3) is 0 Å². The highest BCUT2D eigenvalue weighted by Gasteiger charge is 2.06. The third-order valence-electron chi connectivity index (χ3n) is 3.81. The summed E-state index contributed by atoms with van der Waals surface area (Å²) in [7, 11) is 0. The van der Waals surface area contributed by atoms with Gasteiger partial charge in [-0.1, -0.05) is 37.4 Å². The number of anilines is 3. The number of rotatable bonds is 9. The molecule has 0 aliphatic rings. The number of amides is 2. The van der Waals surface area contributed by atoms with Crippen LogP contribution in [0.3, 0.4) is 0 Å². The van der Waals surface area contributed by atoms with Gasteiger partial charge < -0.3 is 16.0 Å². The number of halogens is 2. The molecule has 7 heteroatoms. The average molecular weight is 392 g/mol. The molecule has 0 aliphatic heterocycles. The standard InChI is InChI=1S/C20H23ClFN3O2/c1-2-3-4-8-19(26)24-15-7-5-6-14(11-15)23-13-20(27)25-16-9-10-18(22)17(21)12-16/h5-7,9-12,23H,2-4,8,13H2,1H3,(H,24,26)(H,25,27). The SMILES string of the molecule is CCCCCC(=O)Nc1cccc(NCC(=O)Nc2ccc(F)c(Cl)c2)c1. The van der Waals surface area contributed by atoms with Crippen LogP contribution in [-0.2, 0) is 9.59 Å². The van der Waals surface area contributed by atoms with E-state index >= 15 is 0 Å². The lowest BCUT2D eigenvalue weighted by molar-refractivity contribution is -0.116. The van der Waals surface area contributed by atoms with Crippen LogP contribution >= 0.6 is 11.6 Å². The summed E-state index contributed by atoms with van der Waals surface area (Å²) in [6.45, 7) is 2.11. The number of nitrogens with one attached hydrogen (secondary N) is 3. The van der Waals surface area contributed by atoms with Gasteiger partial charge in [0.2, 0.25) is 11.8 Å². The van der Waals surface area contributed by atoms with Gasteiger partial charge in [-0.05, 0) is 42.8 Å². The molecule has 2 aromatic rings. The van der Waals surface area contributed by atoms with Crippen LogP contribution in [0.1, 0.15) is 32.6 Å². The Balaban J connectivity index is 1.83. The molecule has 27 heavy (non-hydrogen) atoms. The first-order valence-corrected chi connectivity index (χ1v) is 9.24. The second-order valence-electron chi connectivity index (χ2n) is 6.12. The fourth-order valence-electron chi connectivity index (χ4n) is 2.43. The minimum Gasteiger partial charge on any atom is -0.376 e. The van der Waals surface area contributed by atoms with Gasteiger partial charge in [-0.15, -0.1) is 0 Å². The number of benzene rings is 2. The van der Waals surface area contributed by atoms with Crippen molar-refractivity contribution < 1.29 is 14.0 Å². The number of unbranched alkanes of at least 4 members (excludes halogenated alkanes) is 2. The maximum absolute atomic E-state index is 13.1. The fourth-order valence-corrected chi connectivity index (χ4v) is 2.61. The van der Waals surface area contributed by atoms with Crippen molar-refractivity contribution in [2.24, 2.45) is 0 Å². The first kappa shape index (κ1) is 20.7. The first-order valence-electron chi connectivity index (χ1n) is 8.86. The zero-order valence-electron chi connectivity index (χ0n) is 15.1. The van der Waals surface area contributed by atoms with Crippen molar-refractivity contribution in [3.63, 3.8) is 0 Å². The van der Waals surface area contributed by atoms with E-state index < -0.39 is 5.82 Å². The van der Waals surface area contributed by atoms with Crippen molar-refractivity contribution >= 4 is 40.5 Å². The van der Waals surface area contributed by atoms with E-state index in [-0.39, 0.29) is 23.4 Å². The molecule has 0 unspecified atom stereocenters. The predicted octanol–water partition coefficient (Wildman–Crippen LogP) is 5.05. The molecule has 0 atom stereocenters. The normalized spacial score (nSPS) is 10.3. The van der Waals surface area contributed by atoms with Crippen molar-refractivity contribution in [2.75, 3.05) is 22.5 Å². The van der Waals surface area contributed by atoms with Crippen LogP contribution in [0, 0.1) is 5.82 Å². The molecule has 0 heterocycles. The van der Waals surface area contributed by atoms with E-state index in [0.29, 0.717) is 23.5 Å². The van der Waals surface area contributed by atoms with Gasteiger partial charge in [-0.3, -0.25) is 9.59 Å². The Labute approximate surface area is 163 Å². The summed E-state index contributed by atoms with van der Waals surface area (Å²) in [6.07, 6.45) is 3.46. The zero-order chi connectivity index (χ0) is 19.6. The van der Waals surface area contributed by atoms with Crippen molar-refractivity contribution in [1.29, 1.82) is 0 Å². The van der Waals surface area contributed by atoms with Gasteiger partial charge in [0, 0.05) is 23.5 Å². The topological polar surface area (TPSA) is 70.2 Å². The van der Waals surface area contributed by atoms with Gasteiger partial charge in [0.15, 0.2) is 0 Å². The zero-order valence-corrected chi connectivity index (χ0v) is 15.9. The Morgan fingerprint density at radius 1 is 0.963 bits per heavy atom. The minimum absolute atomic E-state index is 0.0168. The highest BCUT2D eigenvalue weighted by molar-refractivity contribution is 6.31. The van der Waals surface area contributed by atoms with Crippen LogP contribution in [0.15, 0.2) is 42.5 Å². The molecule has 0 bridgehead atoms. The van der Waals surface area contributed by atoms with Gasteiger partial charge in [0.1, 0.15) is 5.82 Å². The quantitative estimate of drug-likeness (QED) is 0.524. The molecule has 0 aliphatic carbocycles. The van der Waals surface area contributed by atoms with Gasteiger partial charge >= 0.3 is 0 Å². The van der Waals surface area contributed by atoms with E-state index in [1.807, 2.05) is 0 Å². The Kier molecular flexibility index (Phi) is 8.07. The monoisotopic (exact) mass is 391 g/mol. The molecule has 2 rings (SSSR count). The summed E-state index contributed by atoms with van der Waals surface area (Å²) in [6, 6.07) is 11.1. The molecule has 0 saturated heterocycles. The van der Waals surface area contributed by atoms with E-state index in [9.17, 15) is 14.0 Å². The average Bonchev–Trinajstić information content (AvgIpc) is 2.64. The lowest BCUT2D eigenvalue weighted by Crippen LogP contribution is -2.21. The molecule has 2 aromatic carbocycles. The van der Waals surface area contributed by atoms with Crippen LogP contribution in [0.5, 0.6) is 0 Å². The predicted molar refractivity (Wildman–Crippen MR) is 108 cm³/mol. The first-order chi connectivity index (χ1) is 13.0. The molecule has 2 amide bonds. The molecule has 0 spiro atoms. The molecule has 0 aromatic heterocycles. The van der Waals surface area contributed by atoms with Crippen LogP contribution in [-0.4, -0.2) is 18.4 Å². The summed E-state index contributed by atoms with van der Waals surface area (Å²) in [5.74, 6) is -0.862. The van der Waals surface area contributed by atoms with E-state index in [2.05, 4.69) is 22.9 Å². The molecular weight excluding hydrogens is 369 g/mol. The fraction of sp³-hybridized carbons (Fsp3) is 0.300. The Morgan fingerprint density at radius 2 is 1.67 bits per heavy atom. The number of hydrogen-bond donors (Lipinski definition) is 3. The van der Waals surface area contributed by atoms with E-state index in [0.717, 1.165) is 19.3 Å².